The second kappa shape index (κ2) is 7.76. The van der Waals surface area contributed by atoms with Gasteiger partial charge in [-0.05, 0) is 31.1 Å². The highest BCUT2D eigenvalue weighted by molar-refractivity contribution is 5.79. The van der Waals surface area contributed by atoms with E-state index in [9.17, 15) is 9.18 Å². The first kappa shape index (κ1) is 20.7. The van der Waals surface area contributed by atoms with E-state index in [0.717, 1.165) is 12.8 Å². The van der Waals surface area contributed by atoms with Crippen LogP contribution in [0.5, 0.6) is 0 Å². The lowest BCUT2D eigenvalue weighted by Gasteiger charge is -2.42. The minimum atomic E-state index is -1.12. The molecule has 0 bridgehead atoms. The zero-order valence-corrected chi connectivity index (χ0v) is 16.7. The van der Waals surface area contributed by atoms with E-state index in [1.165, 1.54) is 4.90 Å². The summed E-state index contributed by atoms with van der Waals surface area (Å²) in [6, 6.07) is 1.35. The van der Waals surface area contributed by atoms with Crippen molar-refractivity contribution < 1.29 is 14.3 Å². The molecule has 1 aromatic heterocycles. The van der Waals surface area contributed by atoms with E-state index in [1.807, 2.05) is 6.07 Å². The molecule has 1 saturated carbocycles. The predicted molar refractivity (Wildman–Crippen MR) is 99.5 cm³/mol. The number of nitrogens with zero attached hydrogens (tertiary/aromatic N) is 5. The second-order valence-corrected chi connectivity index (χ2v) is 8.76. The number of likely N-dealkylation sites (tertiary alicyclic amines) is 1. The third kappa shape index (κ3) is 3.76. The summed E-state index contributed by atoms with van der Waals surface area (Å²) in [4.78, 5) is 13.9. The van der Waals surface area contributed by atoms with Crippen molar-refractivity contribution in [2.24, 2.45) is 11.3 Å². The molecule has 1 aliphatic heterocycles. The van der Waals surface area contributed by atoms with Gasteiger partial charge in [-0.3, -0.25) is 9.48 Å². The molecule has 3 rings (SSSR count). The van der Waals surface area contributed by atoms with Crippen molar-refractivity contribution >= 4 is 5.91 Å². The number of amides is 1. The Balaban J connectivity index is 1.62. The predicted octanol–water partition coefficient (Wildman–Crippen LogP) is 1.02. The number of aromatic nitrogens is 3. The van der Waals surface area contributed by atoms with Crippen LogP contribution in [0.2, 0.25) is 0 Å². The highest BCUT2D eigenvalue weighted by atomic mass is 19.1. The Morgan fingerprint density at radius 3 is 2.89 bits per heavy atom. The largest absolute Gasteiger partial charge is 0.390 e. The van der Waals surface area contributed by atoms with Crippen LogP contribution < -0.4 is 5.32 Å². The number of carbonyl (C=O) groups excluding carboxylic acids is 1. The zero-order valence-electron chi connectivity index (χ0n) is 16.7. The van der Waals surface area contributed by atoms with Crippen LogP contribution in [0.15, 0.2) is 6.20 Å². The van der Waals surface area contributed by atoms with Gasteiger partial charge < -0.3 is 15.3 Å². The molecule has 4 unspecified atom stereocenters. The molecule has 0 radical (unpaired) electrons. The fraction of sp³-hybridized carbons (Fsp3) is 0.789. The van der Waals surface area contributed by atoms with E-state index < -0.39 is 12.2 Å². The van der Waals surface area contributed by atoms with Crippen LogP contribution in [0.3, 0.4) is 0 Å². The van der Waals surface area contributed by atoms with Crippen LogP contribution in [-0.2, 0) is 17.9 Å². The quantitative estimate of drug-likeness (QED) is 0.748. The van der Waals surface area contributed by atoms with Crippen molar-refractivity contribution in [3.05, 3.63) is 11.9 Å². The number of halogens is 1. The van der Waals surface area contributed by atoms with Crippen LogP contribution in [0, 0.1) is 22.7 Å². The van der Waals surface area contributed by atoms with Crippen molar-refractivity contribution in [2.45, 2.75) is 70.9 Å². The van der Waals surface area contributed by atoms with Crippen LogP contribution in [0.4, 0.5) is 4.39 Å². The van der Waals surface area contributed by atoms with E-state index in [0.29, 0.717) is 18.2 Å². The number of nitrogens with one attached hydrogen (secondary N) is 1. The Hall–Kier alpha value is -2.05. The molecular formula is C19H29FN6O2. The van der Waals surface area contributed by atoms with Gasteiger partial charge in [0.05, 0.1) is 32.0 Å². The molecule has 8 nitrogen and oxygen atoms in total. The summed E-state index contributed by atoms with van der Waals surface area (Å²) >= 11 is 0. The zero-order chi connectivity index (χ0) is 20.5. The highest BCUT2D eigenvalue weighted by Gasteiger charge is 2.51. The van der Waals surface area contributed by atoms with Gasteiger partial charge in [-0.2, -0.15) is 5.26 Å². The SMILES string of the molecule is CC1(NCC(=O)N2CC(F)CC2C#N)CCC(Cn2cc(CO)nn2)C1(C)C. The number of carbonyl (C=O) groups is 1. The number of aliphatic hydroxyl groups excluding tert-OH is 1. The highest BCUT2D eigenvalue weighted by Crippen LogP contribution is 2.50. The molecule has 2 N–H and O–H groups in total. The topological polar surface area (TPSA) is 107 Å². The van der Waals surface area contributed by atoms with E-state index >= 15 is 0 Å². The van der Waals surface area contributed by atoms with Gasteiger partial charge in [0.25, 0.3) is 0 Å². The van der Waals surface area contributed by atoms with Crippen LogP contribution >= 0.6 is 0 Å². The Morgan fingerprint density at radius 1 is 1.50 bits per heavy atom. The molecule has 2 fully saturated rings. The molecule has 0 spiro atoms. The Bertz CT molecular complexity index is 760. The first-order chi connectivity index (χ1) is 13.2. The average Bonchev–Trinajstić information content (AvgIpc) is 3.33. The number of nitriles is 1. The third-order valence-electron chi connectivity index (χ3n) is 6.94. The summed E-state index contributed by atoms with van der Waals surface area (Å²) in [6.45, 7) is 7.13. The molecule has 1 amide bonds. The van der Waals surface area contributed by atoms with E-state index in [-0.39, 0.29) is 43.0 Å². The van der Waals surface area contributed by atoms with Gasteiger partial charge in [-0.25, -0.2) is 4.39 Å². The molecule has 28 heavy (non-hydrogen) atoms. The van der Waals surface area contributed by atoms with Gasteiger partial charge in [-0.15, -0.1) is 5.10 Å². The van der Waals surface area contributed by atoms with Gasteiger partial charge in [0.1, 0.15) is 17.9 Å². The maximum absolute atomic E-state index is 13.6. The van der Waals surface area contributed by atoms with E-state index in [1.54, 1.807) is 10.9 Å². The molecule has 1 aromatic rings. The van der Waals surface area contributed by atoms with Crippen molar-refractivity contribution in [3.8, 4) is 6.07 Å². The number of rotatable bonds is 6. The molecule has 1 saturated heterocycles. The molecule has 0 aromatic carbocycles. The van der Waals surface area contributed by atoms with Gasteiger partial charge in [0.15, 0.2) is 0 Å². The summed E-state index contributed by atoms with van der Waals surface area (Å²) < 4.78 is 15.4. The monoisotopic (exact) mass is 392 g/mol. The van der Waals surface area contributed by atoms with Gasteiger partial charge >= 0.3 is 0 Å². The smallest absolute Gasteiger partial charge is 0.237 e. The first-order valence-electron chi connectivity index (χ1n) is 9.78. The summed E-state index contributed by atoms with van der Waals surface area (Å²) in [5.41, 5.74) is 0.150. The molecule has 2 aliphatic rings. The minimum Gasteiger partial charge on any atom is -0.390 e. The van der Waals surface area contributed by atoms with E-state index in [4.69, 9.17) is 10.4 Å². The maximum Gasteiger partial charge on any atom is 0.237 e. The Morgan fingerprint density at radius 2 is 2.25 bits per heavy atom. The van der Waals surface area contributed by atoms with Crippen molar-refractivity contribution in [1.82, 2.24) is 25.2 Å². The lowest BCUT2D eigenvalue weighted by atomic mass is 9.71. The van der Waals surface area contributed by atoms with Crippen molar-refractivity contribution in [1.29, 1.82) is 5.26 Å². The number of hydrogen-bond donors (Lipinski definition) is 2. The lowest BCUT2D eigenvalue weighted by molar-refractivity contribution is -0.131. The minimum absolute atomic E-state index is 0.000954. The lowest BCUT2D eigenvalue weighted by Crippen LogP contribution is -2.55. The molecule has 9 heteroatoms. The van der Waals surface area contributed by atoms with Gasteiger partial charge in [0, 0.05) is 18.5 Å². The molecule has 154 valence electrons. The van der Waals surface area contributed by atoms with Gasteiger partial charge in [-0.1, -0.05) is 19.1 Å². The number of alkyl halides is 1. The molecular weight excluding hydrogens is 363 g/mol. The fourth-order valence-electron chi connectivity index (χ4n) is 4.51. The standard InChI is InChI=1S/C19H29FN6O2/c1-18(2)13(9-25-11-15(12-27)23-24-25)4-5-19(18,3)22-8-17(28)26-10-14(20)6-16(26)7-21/h11,13-14,16,22,27H,4-6,8-10,12H2,1-3H3. The maximum atomic E-state index is 13.6. The molecule has 4 atom stereocenters. The first-order valence-corrected chi connectivity index (χ1v) is 9.78. The van der Waals surface area contributed by atoms with Crippen molar-refractivity contribution in [2.75, 3.05) is 13.1 Å². The summed E-state index contributed by atoms with van der Waals surface area (Å²) in [5.74, 6) is 0.0956. The Kier molecular flexibility index (Phi) is 5.73. The fourth-order valence-corrected chi connectivity index (χ4v) is 4.51. The molecule has 1 aliphatic carbocycles. The second-order valence-electron chi connectivity index (χ2n) is 8.76. The Labute approximate surface area is 164 Å². The van der Waals surface area contributed by atoms with Crippen molar-refractivity contribution in [3.63, 3.8) is 0 Å². The summed E-state index contributed by atoms with van der Waals surface area (Å²) in [5, 5.41) is 29.7. The van der Waals surface area contributed by atoms with Crippen LogP contribution in [0.1, 0.15) is 45.7 Å². The van der Waals surface area contributed by atoms with Gasteiger partial charge in [0.2, 0.25) is 5.91 Å². The van der Waals surface area contributed by atoms with Crippen LogP contribution in [0.25, 0.3) is 0 Å². The molecule has 2 heterocycles. The third-order valence-corrected chi connectivity index (χ3v) is 6.94. The normalized spacial score (nSPS) is 31.9. The number of aliphatic hydroxyl groups is 1. The average molecular weight is 392 g/mol. The van der Waals surface area contributed by atoms with E-state index in [2.05, 4.69) is 36.4 Å². The number of hydrogen-bond acceptors (Lipinski definition) is 6. The summed E-state index contributed by atoms with van der Waals surface area (Å²) in [6.07, 6.45) is 2.60. The summed E-state index contributed by atoms with van der Waals surface area (Å²) in [7, 11) is 0. The van der Waals surface area contributed by atoms with Crippen LogP contribution in [-0.4, -0.2) is 61.7 Å².